The molecule has 0 aromatic heterocycles. The lowest BCUT2D eigenvalue weighted by Crippen LogP contribution is -2.48. The number of benzene rings is 4. The minimum atomic E-state index is -3.65. The second-order valence-corrected chi connectivity index (χ2v) is 18.5. The lowest BCUT2D eigenvalue weighted by Gasteiger charge is -2.37. The van der Waals surface area contributed by atoms with Crippen molar-refractivity contribution in [2.75, 3.05) is 16.8 Å². The molecule has 2 N–H and O–H groups in total. The number of halogens is 1. The molecule has 3 aliphatic rings. The molecule has 0 radical (unpaired) electrons. The number of nitrogens with one attached hydrogen (secondary N) is 1. The molecule has 0 aliphatic carbocycles. The van der Waals surface area contributed by atoms with Crippen LogP contribution in [0.15, 0.2) is 97.1 Å². The fourth-order valence-corrected chi connectivity index (χ4v) is 11.0. The molecule has 7 rings (SSSR count). The molecule has 1 spiro atoms. The number of aliphatic hydroxyl groups is 1. The van der Waals surface area contributed by atoms with Crippen LogP contribution in [0.3, 0.4) is 0 Å². The number of hydrogen-bond donors (Lipinski definition) is 2. The summed E-state index contributed by atoms with van der Waals surface area (Å²) in [5.74, 6) is -1.84. The molecule has 4 aromatic rings. The van der Waals surface area contributed by atoms with E-state index >= 15 is 4.11 Å². The summed E-state index contributed by atoms with van der Waals surface area (Å²) >= 11 is 0. The normalized spacial score (nSPS) is 23.5. The van der Waals surface area contributed by atoms with E-state index in [1.807, 2.05) is 30.3 Å². The van der Waals surface area contributed by atoms with Crippen LogP contribution in [0.4, 0.5) is 21.2 Å². The van der Waals surface area contributed by atoms with Gasteiger partial charge in [0.2, 0.25) is 14.3 Å². The average molecular weight is 737 g/mol. The summed E-state index contributed by atoms with van der Waals surface area (Å²) in [4.78, 5) is 56.2. The van der Waals surface area contributed by atoms with E-state index < -0.39 is 48.4 Å². The Labute approximate surface area is 307 Å². The molecular weight excluding hydrogens is 696 g/mol. The van der Waals surface area contributed by atoms with Crippen LogP contribution < -0.4 is 10.2 Å². The fourth-order valence-electron chi connectivity index (χ4n) is 8.51. The number of nitrogens with zero attached hydrogens (tertiary/aromatic N) is 3. The van der Waals surface area contributed by atoms with Crippen LogP contribution in [0, 0.1) is 16.0 Å². The third-order valence-corrected chi connectivity index (χ3v) is 13.5. The minimum Gasteiger partial charge on any atom is -0.394 e. The highest BCUT2D eigenvalue weighted by atomic mass is 28.4. The molecule has 1 fully saturated rings. The molecule has 11 nitrogen and oxygen atoms in total. The van der Waals surface area contributed by atoms with E-state index in [9.17, 15) is 29.6 Å². The van der Waals surface area contributed by atoms with E-state index in [1.54, 1.807) is 60.4 Å². The van der Waals surface area contributed by atoms with Crippen molar-refractivity contribution in [2.24, 2.45) is 5.92 Å². The first-order valence-electron chi connectivity index (χ1n) is 17.7. The molecule has 3 heterocycles. The summed E-state index contributed by atoms with van der Waals surface area (Å²) in [5.41, 5.74) is 1.66. The molecule has 13 heteroatoms. The first kappa shape index (κ1) is 36.1. The number of non-ortho nitro benzene ring substituents is 1. The van der Waals surface area contributed by atoms with E-state index in [1.165, 1.54) is 36.2 Å². The van der Waals surface area contributed by atoms with Gasteiger partial charge in [0.25, 0.3) is 17.5 Å². The number of carbonyl (C=O) groups excluding carboxylic acids is 3. The van der Waals surface area contributed by atoms with Gasteiger partial charge in [-0.3, -0.25) is 24.5 Å². The molecular formula is C40H41FN4O7Si. The zero-order valence-corrected chi connectivity index (χ0v) is 30.7. The number of ether oxygens (including phenoxy) is 1. The van der Waals surface area contributed by atoms with Gasteiger partial charge in [-0.15, -0.1) is 0 Å². The number of carbonyl (C=O) groups is 3. The van der Waals surface area contributed by atoms with Crippen LogP contribution >= 0.6 is 0 Å². The van der Waals surface area contributed by atoms with Gasteiger partial charge in [-0.1, -0.05) is 61.5 Å². The number of amides is 3. The highest BCUT2D eigenvalue weighted by Crippen LogP contribution is 2.60. The van der Waals surface area contributed by atoms with Gasteiger partial charge in [-0.25, -0.2) is 0 Å². The molecule has 3 aliphatic heterocycles. The van der Waals surface area contributed by atoms with Gasteiger partial charge < -0.3 is 29.1 Å². The minimum absolute atomic E-state index is 0.0739. The van der Waals surface area contributed by atoms with Gasteiger partial charge in [0.05, 0.1) is 42.3 Å². The number of nitro groups is 1. The zero-order valence-electron chi connectivity index (χ0n) is 29.7. The molecule has 53 heavy (non-hydrogen) atoms. The Hall–Kier alpha value is -5.24. The predicted octanol–water partition coefficient (Wildman–Crippen LogP) is 6.50. The quantitative estimate of drug-likeness (QED) is 0.0865. The SMILES string of the molecule is C[C@H]1[C@H]([Si](C)(C)F)[C@@H](CC(=O)N2Cc3ccccc3C[C@H]2CO)O[C@]12C(=O)N(Cc1ccc(NC(=O)c3ccccc3)cc1)c1ccc([N+](=O)[O-])cc12. The maximum Gasteiger partial charge on any atom is 0.269 e. The van der Waals surface area contributed by atoms with Crippen molar-refractivity contribution in [3.8, 4) is 0 Å². The van der Waals surface area contributed by atoms with Gasteiger partial charge in [0.1, 0.15) is 0 Å². The highest BCUT2D eigenvalue weighted by Gasteiger charge is 2.67. The number of hydrogen-bond acceptors (Lipinski definition) is 7. The molecule has 3 amide bonds. The van der Waals surface area contributed by atoms with Gasteiger partial charge in [0, 0.05) is 47.0 Å². The van der Waals surface area contributed by atoms with Gasteiger partial charge in [-0.05, 0) is 66.5 Å². The van der Waals surface area contributed by atoms with E-state index in [-0.39, 0.29) is 49.2 Å². The van der Waals surface area contributed by atoms with E-state index in [2.05, 4.69) is 5.32 Å². The van der Waals surface area contributed by atoms with Gasteiger partial charge >= 0.3 is 0 Å². The molecule has 0 saturated carbocycles. The van der Waals surface area contributed by atoms with Crippen molar-refractivity contribution < 1.29 is 33.3 Å². The Bertz CT molecular complexity index is 2080. The van der Waals surface area contributed by atoms with Crippen molar-refractivity contribution in [2.45, 2.75) is 69.2 Å². The zero-order chi connectivity index (χ0) is 37.7. The summed E-state index contributed by atoms with van der Waals surface area (Å²) in [7, 11) is -3.65. The van der Waals surface area contributed by atoms with Crippen molar-refractivity contribution in [1.82, 2.24) is 4.90 Å². The number of rotatable bonds is 9. The van der Waals surface area contributed by atoms with Crippen molar-refractivity contribution >= 4 is 43.2 Å². The van der Waals surface area contributed by atoms with Crippen molar-refractivity contribution in [1.29, 1.82) is 0 Å². The molecule has 4 aromatic carbocycles. The number of fused-ring (bicyclic) bond motifs is 3. The standard InChI is InChI=1S/C40H41FN4O7Si/c1-25-37(53(2,3)41)35(21-36(47)43-23-29-12-8-7-11-28(29)19-32(43)24-46)52-40(25)33-20-31(45(50)51)17-18-34(33)44(39(40)49)22-26-13-15-30(16-14-26)42-38(48)27-9-5-4-6-10-27/h4-18,20,25,32,35,37,46H,19,21-24H2,1-3H3,(H,42,48)/t25-,32-,35+,37-,40+/m0/s1. The summed E-state index contributed by atoms with van der Waals surface area (Å²) in [6.45, 7) is 4.92. The van der Waals surface area contributed by atoms with Crippen LogP contribution in [-0.2, 0) is 39.4 Å². The smallest absolute Gasteiger partial charge is 0.269 e. The fraction of sp³-hybridized carbons (Fsp3) is 0.325. The van der Waals surface area contributed by atoms with Crippen LogP contribution in [-0.4, -0.2) is 59.8 Å². The topological polar surface area (TPSA) is 142 Å². The summed E-state index contributed by atoms with van der Waals surface area (Å²) in [6.07, 6.45) is -0.741. The maximum absolute atomic E-state index is 16.5. The first-order valence-corrected chi connectivity index (χ1v) is 20.7. The average Bonchev–Trinajstić information content (AvgIpc) is 3.57. The van der Waals surface area contributed by atoms with Gasteiger partial charge in [0.15, 0.2) is 5.60 Å². The second kappa shape index (κ2) is 14.0. The predicted molar refractivity (Wildman–Crippen MR) is 199 cm³/mol. The third kappa shape index (κ3) is 6.53. The van der Waals surface area contributed by atoms with E-state index in [4.69, 9.17) is 4.74 Å². The van der Waals surface area contributed by atoms with Crippen LogP contribution in [0.5, 0.6) is 0 Å². The maximum atomic E-state index is 16.5. The Morgan fingerprint density at radius 1 is 1.02 bits per heavy atom. The Kier molecular flexibility index (Phi) is 9.51. The first-order chi connectivity index (χ1) is 25.3. The van der Waals surface area contributed by atoms with Crippen LogP contribution in [0.25, 0.3) is 0 Å². The summed E-state index contributed by atoms with van der Waals surface area (Å²) in [6, 6.07) is 27.3. The summed E-state index contributed by atoms with van der Waals surface area (Å²) in [5, 5.41) is 25.1. The highest BCUT2D eigenvalue weighted by molar-refractivity contribution is 6.72. The van der Waals surface area contributed by atoms with Gasteiger partial charge in [-0.2, -0.15) is 0 Å². The molecule has 0 bridgehead atoms. The largest absolute Gasteiger partial charge is 0.394 e. The monoisotopic (exact) mass is 736 g/mol. The molecule has 274 valence electrons. The lowest BCUT2D eigenvalue weighted by molar-refractivity contribution is -0.385. The van der Waals surface area contributed by atoms with Crippen molar-refractivity contribution in [3.63, 3.8) is 0 Å². The molecule has 5 atom stereocenters. The molecule has 1 saturated heterocycles. The van der Waals surface area contributed by atoms with Crippen LogP contribution in [0.1, 0.15) is 46.0 Å². The third-order valence-electron chi connectivity index (χ3n) is 11.0. The van der Waals surface area contributed by atoms with Crippen LogP contribution in [0.2, 0.25) is 18.6 Å². The van der Waals surface area contributed by atoms with E-state index in [0.717, 1.165) is 11.1 Å². The molecule has 0 unspecified atom stereocenters. The Balaban J connectivity index is 1.19. The number of nitro benzene ring substituents is 1. The van der Waals surface area contributed by atoms with Crippen molar-refractivity contribution in [3.05, 3.63) is 135 Å². The number of anilines is 2. The Morgan fingerprint density at radius 2 is 1.70 bits per heavy atom. The Morgan fingerprint density at radius 3 is 2.36 bits per heavy atom. The second-order valence-electron chi connectivity index (χ2n) is 14.7. The summed E-state index contributed by atoms with van der Waals surface area (Å²) < 4.78 is 23.2. The lowest BCUT2D eigenvalue weighted by atomic mass is 9.82. The number of aliphatic hydroxyl groups excluding tert-OH is 1. The van der Waals surface area contributed by atoms with E-state index in [0.29, 0.717) is 28.9 Å².